The van der Waals surface area contributed by atoms with Crippen LogP contribution in [0.5, 0.6) is 0 Å². The van der Waals surface area contributed by atoms with E-state index in [1.165, 1.54) is 12.0 Å². The van der Waals surface area contributed by atoms with E-state index in [-0.39, 0.29) is 0 Å². The zero-order valence-electron chi connectivity index (χ0n) is 6.82. The summed E-state index contributed by atoms with van der Waals surface area (Å²) >= 11 is 0. The molecule has 0 aromatic rings. The lowest BCUT2D eigenvalue weighted by Crippen LogP contribution is -2.51. The van der Waals surface area contributed by atoms with Crippen molar-refractivity contribution in [3.8, 4) is 0 Å². The van der Waals surface area contributed by atoms with E-state index in [2.05, 4.69) is 0 Å². The van der Waals surface area contributed by atoms with Gasteiger partial charge in [-0.15, -0.1) is 0 Å². The first kappa shape index (κ1) is 8.99. The summed E-state index contributed by atoms with van der Waals surface area (Å²) < 4.78 is 4.86. The highest BCUT2D eigenvalue weighted by molar-refractivity contribution is 5.80. The normalized spacial score (nSPS) is 28.9. The van der Waals surface area contributed by atoms with Crippen LogP contribution in [0.15, 0.2) is 0 Å². The minimum atomic E-state index is -1.41. The maximum atomic E-state index is 10.8. The standard InChI is InChI=1S/C7H11NO4/c1-12-7(6(10)11)3-2-4-8(7)5-9/h5H,2-4H2,1H3,(H,10,11)/t7-/m1/s1. The highest BCUT2D eigenvalue weighted by Crippen LogP contribution is 2.28. The van der Waals surface area contributed by atoms with E-state index in [0.29, 0.717) is 25.8 Å². The Morgan fingerprint density at radius 3 is 2.75 bits per heavy atom. The van der Waals surface area contributed by atoms with E-state index in [1.54, 1.807) is 0 Å². The Hall–Kier alpha value is -1.10. The summed E-state index contributed by atoms with van der Waals surface area (Å²) in [6, 6.07) is 0. The van der Waals surface area contributed by atoms with E-state index >= 15 is 0 Å². The maximum Gasteiger partial charge on any atom is 0.357 e. The quantitative estimate of drug-likeness (QED) is 0.593. The molecule has 5 nitrogen and oxygen atoms in total. The lowest BCUT2D eigenvalue weighted by Gasteiger charge is -2.29. The third-order valence-corrected chi connectivity index (χ3v) is 2.18. The lowest BCUT2D eigenvalue weighted by molar-refractivity contribution is -0.184. The molecule has 0 saturated carbocycles. The van der Waals surface area contributed by atoms with E-state index in [0.717, 1.165) is 0 Å². The highest BCUT2D eigenvalue weighted by Gasteiger charge is 2.47. The molecular formula is C7H11NO4. The van der Waals surface area contributed by atoms with Crippen LogP contribution in [-0.4, -0.2) is 41.8 Å². The molecule has 0 radical (unpaired) electrons. The zero-order chi connectivity index (χ0) is 9.19. The molecule has 0 bridgehead atoms. The number of likely N-dealkylation sites (tertiary alicyclic amines) is 1. The average molecular weight is 173 g/mol. The predicted molar refractivity (Wildman–Crippen MR) is 39.4 cm³/mol. The number of amides is 1. The Bertz CT molecular complexity index is 206. The van der Waals surface area contributed by atoms with Crippen LogP contribution < -0.4 is 0 Å². The Balaban J connectivity index is 2.90. The number of methoxy groups -OCH3 is 1. The van der Waals surface area contributed by atoms with Crippen molar-refractivity contribution in [2.45, 2.75) is 18.6 Å². The summed E-state index contributed by atoms with van der Waals surface area (Å²) in [5.74, 6) is -1.10. The van der Waals surface area contributed by atoms with Gasteiger partial charge in [-0.25, -0.2) is 4.79 Å². The first-order chi connectivity index (χ1) is 5.67. The fourth-order valence-electron chi connectivity index (χ4n) is 1.49. The van der Waals surface area contributed by atoms with Gasteiger partial charge in [0.2, 0.25) is 12.1 Å². The molecular weight excluding hydrogens is 162 g/mol. The number of carboxylic acids is 1. The van der Waals surface area contributed by atoms with Gasteiger partial charge in [-0.05, 0) is 6.42 Å². The van der Waals surface area contributed by atoms with Gasteiger partial charge >= 0.3 is 5.97 Å². The summed E-state index contributed by atoms with van der Waals surface area (Å²) in [7, 11) is 1.30. The molecule has 1 amide bonds. The molecule has 1 aliphatic heterocycles. The molecule has 1 aliphatic rings. The van der Waals surface area contributed by atoms with Gasteiger partial charge in [0.15, 0.2) is 0 Å². The molecule has 1 rings (SSSR count). The second kappa shape index (κ2) is 3.10. The molecule has 0 spiro atoms. The van der Waals surface area contributed by atoms with Crippen LogP contribution in [0.25, 0.3) is 0 Å². The number of hydrogen-bond donors (Lipinski definition) is 1. The number of nitrogens with zero attached hydrogens (tertiary/aromatic N) is 1. The summed E-state index contributed by atoms with van der Waals surface area (Å²) in [5.41, 5.74) is -1.41. The average Bonchev–Trinajstić information content (AvgIpc) is 2.47. The number of hydrogen-bond acceptors (Lipinski definition) is 3. The molecule has 0 aromatic heterocycles. The van der Waals surface area contributed by atoms with Crippen molar-refractivity contribution in [3.05, 3.63) is 0 Å². The van der Waals surface area contributed by atoms with Crippen molar-refractivity contribution in [3.63, 3.8) is 0 Å². The van der Waals surface area contributed by atoms with Crippen molar-refractivity contribution in [1.82, 2.24) is 4.90 Å². The summed E-state index contributed by atoms with van der Waals surface area (Å²) in [6.45, 7) is 0.448. The first-order valence-electron chi connectivity index (χ1n) is 3.68. The van der Waals surface area contributed by atoms with Gasteiger partial charge in [-0.1, -0.05) is 0 Å². The van der Waals surface area contributed by atoms with E-state index in [9.17, 15) is 9.59 Å². The number of carboxylic acid groups (broad SMARTS) is 1. The van der Waals surface area contributed by atoms with E-state index in [1.807, 2.05) is 0 Å². The Kier molecular flexibility index (Phi) is 2.32. The molecule has 1 fully saturated rings. The second-order valence-corrected chi connectivity index (χ2v) is 2.70. The van der Waals surface area contributed by atoms with Crippen LogP contribution in [0.2, 0.25) is 0 Å². The molecule has 0 aromatic carbocycles. The second-order valence-electron chi connectivity index (χ2n) is 2.70. The maximum absolute atomic E-state index is 10.8. The summed E-state index contributed by atoms with van der Waals surface area (Å²) in [5, 5.41) is 8.84. The minimum Gasteiger partial charge on any atom is -0.478 e. The van der Waals surface area contributed by atoms with Gasteiger partial charge in [0.1, 0.15) is 0 Å². The fourth-order valence-corrected chi connectivity index (χ4v) is 1.49. The van der Waals surface area contributed by atoms with Crippen molar-refractivity contribution in [1.29, 1.82) is 0 Å². The number of carbonyl (C=O) groups is 2. The first-order valence-corrected chi connectivity index (χ1v) is 3.68. The summed E-state index contributed by atoms with van der Waals surface area (Å²) in [6.07, 6.45) is 1.54. The van der Waals surface area contributed by atoms with Gasteiger partial charge in [-0.3, -0.25) is 4.79 Å². The largest absolute Gasteiger partial charge is 0.478 e. The van der Waals surface area contributed by atoms with Crippen LogP contribution in [0, 0.1) is 0 Å². The summed E-state index contributed by atoms with van der Waals surface area (Å²) in [4.78, 5) is 22.4. The molecule has 68 valence electrons. The molecule has 1 N–H and O–H groups in total. The van der Waals surface area contributed by atoms with Gasteiger partial charge in [-0.2, -0.15) is 0 Å². The topological polar surface area (TPSA) is 66.8 Å². The lowest BCUT2D eigenvalue weighted by atomic mass is 10.1. The molecule has 12 heavy (non-hydrogen) atoms. The SMILES string of the molecule is CO[C@@]1(C(=O)O)CCCN1C=O. The number of carbonyl (C=O) groups excluding carboxylic acids is 1. The molecule has 1 atom stereocenters. The van der Waals surface area contributed by atoms with Crippen molar-refractivity contribution < 1.29 is 19.4 Å². The van der Waals surface area contributed by atoms with Crippen molar-refractivity contribution in [2.24, 2.45) is 0 Å². The fraction of sp³-hybridized carbons (Fsp3) is 0.714. The zero-order valence-corrected chi connectivity index (χ0v) is 6.82. The molecule has 0 aliphatic carbocycles. The van der Waals surface area contributed by atoms with E-state index < -0.39 is 11.7 Å². The molecule has 1 heterocycles. The van der Waals surface area contributed by atoms with Crippen molar-refractivity contribution >= 4 is 12.4 Å². The third-order valence-electron chi connectivity index (χ3n) is 2.18. The molecule has 0 unspecified atom stereocenters. The monoisotopic (exact) mass is 173 g/mol. The third kappa shape index (κ3) is 1.06. The molecule has 5 heteroatoms. The Morgan fingerprint density at radius 1 is 1.75 bits per heavy atom. The molecule has 1 saturated heterocycles. The number of rotatable bonds is 3. The van der Waals surface area contributed by atoms with Crippen LogP contribution in [0.4, 0.5) is 0 Å². The minimum absolute atomic E-state index is 0.359. The van der Waals surface area contributed by atoms with Crippen LogP contribution in [0.3, 0.4) is 0 Å². The van der Waals surface area contributed by atoms with Gasteiger partial charge in [0, 0.05) is 20.1 Å². The van der Waals surface area contributed by atoms with Gasteiger partial charge < -0.3 is 14.7 Å². The number of aliphatic carboxylic acids is 1. The van der Waals surface area contributed by atoms with Gasteiger partial charge in [0.05, 0.1) is 0 Å². The van der Waals surface area contributed by atoms with Crippen LogP contribution in [-0.2, 0) is 14.3 Å². The Labute approximate surface area is 69.9 Å². The smallest absolute Gasteiger partial charge is 0.357 e. The Morgan fingerprint density at radius 2 is 2.42 bits per heavy atom. The highest BCUT2D eigenvalue weighted by atomic mass is 16.5. The van der Waals surface area contributed by atoms with E-state index in [4.69, 9.17) is 9.84 Å². The van der Waals surface area contributed by atoms with Crippen molar-refractivity contribution in [2.75, 3.05) is 13.7 Å². The number of ether oxygens (including phenoxy) is 1. The predicted octanol–water partition coefficient (Wildman–Crippen LogP) is -0.334. The van der Waals surface area contributed by atoms with Crippen LogP contribution >= 0.6 is 0 Å². The van der Waals surface area contributed by atoms with Crippen LogP contribution in [0.1, 0.15) is 12.8 Å². The van der Waals surface area contributed by atoms with Gasteiger partial charge in [0.25, 0.3) is 0 Å².